The van der Waals surface area contributed by atoms with Crippen molar-refractivity contribution in [3.63, 3.8) is 0 Å². The predicted octanol–water partition coefficient (Wildman–Crippen LogP) is 1.26. The molecule has 0 spiro atoms. The van der Waals surface area contributed by atoms with Gasteiger partial charge in [0, 0.05) is 18.9 Å². The summed E-state index contributed by atoms with van der Waals surface area (Å²) >= 11 is 0. The van der Waals surface area contributed by atoms with Gasteiger partial charge in [0.15, 0.2) is 0 Å². The first-order valence-corrected chi connectivity index (χ1v) is 6.18. The van der Waals surface area contributed by atoms with Crippen molar-refractivity contribution in [1.29, 1.82) is 0 Å². The molecule has 1 aromatic rings. The van der Waals surface area contributed by atoms with E-state index in [0.717, 1.165) is 31.5 Å². The summed E-state index contributed by atoms with van der Waals surface area (Å²) in [4.78, 5) is 16.0. The quantitative estimate of drug-likeness (QED) is 0.826. The molecular formula is C13H19N3O. The summed E-state index contributed by atoms with van der Waals surface area (Å²) in [5.41, 5.74) is 1.09. The summed E-state index contributed by atoms with van der Waals surface area (Å²) in [6, 6.07) is 3.92. The van der Waals surface area contributed by atoms with Crippen LogP contribution in [0.2, 0.25) is 0 Å². The van der Waals surface area contributed by atoms with Gasteiger partial charge in [0.1, 0.15) is 0 Å². The van der Waals surface area contributed by atoms with E-state index in [1.807, 2.05) is 19.1 Å². The van der Waals surface area contributed by atoms with Crippen LogP contribution in [0.1, 0.15) is 31.4 Å². The van der Waals surface area contributed by atoms with Gasteiger partial charge in [-0.05, 0) is 44.0 Å². The zero-order chi connectivity index (χ0) is 12.1. The molecule has 0 saturated carbocycles. The number of pyridine rings is 1. The molecule has 0 bridgehead atoms. The molecule has 1 saturated heterocycles. The Balaban J connectivity index is 1.89. The molecule has 1 aliphatic rings. The van der Waals surface area contributed by atoms with Crippen molar-refractivity contribution in [2.24, 2.45) is 5.92 Å². The molecule has 2 atom stereocenters. The first kappa shape index (κ1) is 12.0. The van der Waals surface area contributed by atoms with Crippen molar-refractivity contribution in [2.45, 2.75) is 25.8 Å². The van der Waals surface area contributed by atoms with Crippen LogP contribution in [0.4, 0.5) is 0 Å². The second kappa shape index (κ2) is 5.77. The van der Waals surface area contributed by atoms with Crippen molar-refractivity contribution in [1.82, 2.24) is 15.6 Å². The zero-order valence-electron chi connectivity index (χ0n) is 10.1. The third-order valence-electron chi connectivity index (χ3n) is 3.23. The van der Waals surface area contributed by atoms with E-state index in [0.29, 0.717) is 0 Å². The first-order chi connectivity index (χ1) is 8.27. The summed E-state index contributed by atoms with van der Waals surface area (Å²) in [5, 5.41) is 6.32. The van der Waals surface area contributed by atoms with E-state index in [9.17, 15) is 4.79 Å². The number of nitrogens with one attached hydrogen (secondary N) is 2. The Morgan fingerprint density at radius 1 is 1.53 bits per heavy atom. The Kier molecular flexibility index (Phi) is 4.09. The molecule has 4 heteroatoms. The topological polar surface area (TPSA) is 54.0 Å². The lowest BCUT2D eigenvalue weighted by atomic mass is 9.98. The number of carbonyl (C=O) groups is 1. The number of aromatic nitrogens is 1. The number of nitrogens with zero attached hydrogens (tertiary/aromatic N) is 1. The van der Waals surface area contributed by atoms with Crippen LogP contribution in [-0.2, 0) is 4.79 Å². The smallest absolute Gasteiger partial charge is 0.224 e. The minimum Gasteiger partial charge on any atom is -0.349 e. The molecule has 0 aliphatic carbocycles. The molecule has 2 N–H and O–H groups in total. The molecule has 0 aromatic carbocycles. The Morgan fingerprint density at radius 2 is 2.29 bits per heavy atom. The molecule has 1 unspecified atom stereocenters. The maximum atomic E-state index is 12.0. The van der Waals surface area contributed by atoms with Gasteiger partial charge in [0.05, 0.1) is 12.0 Å². The van der Waals surface area contributed by atoms with Gasteiger partial charge in [0.25, 0.3) is 0 Å². The van der Waals surface area contributed by atoms with Gasteiger partial charge in [-0.25, -0.2) is 0 Å². The van der Waals surface area contributed by atoms with Crippen LogP contribution >= 0.6 is 0 Å². The van der Waals surface area contributed by atoms with E-state index >= 15 is 0 Å². The molecular weight excluding hydrogens is 214 g/mol. The maximum Gasteiger partial charge on any atom is 0.224 e. The van der Waals surface area contributed by atoms with Crippen molar-refractivity contribution in [3.8, 4) is 0 Å². The molecule has 1 fully saturated rings. The Bertz CT molecular complexity index is 360. The fourth-order valence-corrected chi connectivity index (χ4v) is 2.14. The summed E-state index contributed by atoms with van der Waals surface area (Å²) in [6.45, 7) is 3.84. The highest BCUT2D eigenvalue weighted by molar-refractivity contribution is 5.79. The van der Waals surface area contributed by atoms with Crippen LogP contribution in [0.5, 0.6) is 0 Å². The van der Waals surface area contributed by atoms with E-state index in [2.05, 4.69) is 15.6 Å². The first-order valence-electron chi connectivity index (χ1n) is 6.18. The molecule has 92 valence electrons. The van der Waals surface area contributed by atoms with Crippen LogP contribution < -0.4 is 10.6 Å². The van der Waals surface area contributed by atoms with Crippen LogP contribution in [0, 0.1) is 5.92 Å². The molecule has 0 radical (unpaired) electrons. The Labute approximate surface area is 102 Å². The fourth-order valence-electron chi connectivity index (χ4n) is 2.14. The average Bonchev–Trinajstić information content (AvgIpc) is 2.40. The molecule has 2 rings (SSSR count). The number of hydrogen-bond acceptors (Lipinski definition) is 3. The van der Waals surface area contributed by atoms with Gasteiger partial charge in [0.2, 0.25) is 5.91 Å². The van der Waals surface area contributed by atoms with Crippen LogP contribution in [-0.4, -0.2) is 24.0 Å². The lowest BCUT2D eigenvalue weighted by Gasteiger charge is -2.24. The third-order valence-corrected chi connectivity index (χ3v) is 3.23. The van der Waals surface area contributed by atoms with Crippen molar-refractivity contribution in [2.75, 3.05) is 13.1 Å². The summed E-state index contributed by atoms with van der Waals surface area (Å²) in [7, 11) is 0. The average molecular weight is 233 g/mol. The van der Waals surface area contributed by atoms with Crippen LogP contribution in [0.15, 0.2) is 24.5 Å². The normalized spacial score (nSPS) is 21.8. The van der Waals surface area contributed by atoms with E-state index in [-0.39, 0.29) is 17.9 Å². The number of amides is 1. The third kappa shape index (κ3) is 3.27. The SMILES string of the molecule is C[C@@H](NC(=O)C1CCCNC1)c1ccncc1. The zero-order valence-corrected chi connectivity index (χ0v) is 10.1. The van der Waals surface area contributed by atoms with E-state index in [4.69, 9.17) is 0 Å². The number of rotatable bonds is 3. The minimum absolute atomic E-state index is 0.0485. The highest BCUT2D eigenvalue weighted by atomic mass is 16.1. The summed E-state index contributed by atoms with van der Waals surface area (Å²) in [5.74, 6) is 0.273. The van der Waals surface area contributed by atoms with E-state index in [1.165, 1.54) is 0 Å². The van der Waals surface area contributed by atoms with Gasteiger partial charge in [-0.1, -0.05) is 0 Å². The lowest BCUT2D eigenvalue weighted by molar-refractivity contribution is -0.126. The molecule has 1 aromatic heterocycles. The van der Waals surface area contributed by atoms with Crippen molar-refractivity contribution >= 4 is 5.91 Å². The second-order valence-electron chi connectivity index (χ2n) is 4.55. The largest absolute Gasteiger partial charge is 0.349 e. The summed E-state index contributed by atoms with van der Waals surface area (Å²) in [6.07, 6.45) is 5.57. The van der Waals surface area contributed by atoms with E-state index < -0.39 is 0 Å². The predicted molar refractivity (Wildman–Crippen MR) is 66.4 cm³/mol. The molecule has 4 nitrogen and oxygen atoms in total. The van der Waals surface area contributed by atoms with Crippen molar-refractivity contribution in [3.05, 3.63) is 30.1 Å². The van der Waals surface area contributed by atoms with Gasteiger partial charge in [-0.3, -0.25) is 9.78 Å². The van der Waals surface area contributed by atoms with Crippen molar-refractivity contribution < 1.29 is 4.79 Å². The molecule has 17 heavy (non-hydrogen) atoms. The minimum atomic E-state index is 0.0485. The fraction of sp³-hybridized carbons (Fsp3) is 0.538. The Morgan fingerprint density at radius 3 is 2.94 bits per heavy atom. The second-order valence-corrected chi connectivity index (χ2v) is 4.55. The number of hydrogen-bond donors (Lipinski definition) is 2. The lowest BCUT2D eigenvalue weighted by Crippen LogP contribution is -2.41. The van der Waals surface area contributed by atoms with Gasteiger partial charge >= 0.3 is 0 Å². The molecule has 1 amide bonds. The van der Waals surface area contributed by atoms with Crippen LogP contribution in [0.25, 0.3) is 0 Å². The summed E-state index contributed by atoms with van der Waals surface area (Å²) < 4.78 is 0. The number of piperidine rings is 1. The Hall–Kier alpha value is -1.42. The molecule has 2 heterocycles. The van der Waals surface area contributed by atoms with Gasteiger partial charge < -0.3 is 10.6 Å². The maximum absolute atomic E-state index is 12.0. The number of carbonyl (C=O) groups excluding carboxylic acids is 1. The monoisotopic (exact) mass is 233 g/mol. The highest BCUT2D eigenvalue weighted by Gasteiger charge is 2.22. The molecule has 1 aliphatic heterocycles. The van der Waals surface area contributed by atoms with Gasteiger partial charge in [-0.2, -0.15) is 0 Å². The highest BCUT2D eigenvalue weighted by Crippen LogP contribution is 2.14. The standard InChI is InChI=1S/C13H19N3O/c1-10(11-4-7-14-8-5-11)16-13(17)12-3-2-6-15-9-12/h4-5,7-8,10,12,15H,2-3,6,9H2,1H3,(H,16,17)/t10-,12?/m1/s1. The van der Waals surface area contributed by atoms with E-state index in [1.54, 1.807) is 12.4 Å². The van der Waals surface area contributed by atoms with Crippen LogP contribution in [0.3, 0.4) is 0 Å². The van der Waals surface area contributed by atoms with Gasteiger partial charge in [-0.15, -0.1) is 0 Å².